The summed E-state index contributed by atoms with van der Waals surface area (Å²) in [4.78, 5) is 23.1. The van der Waals surface area contributed by atoms with E-state index in [1.165, 1.54) is 0 Å². The molecule has 0 aliphatic carbocycles. The maximum atomic E-state index is 11.9. The van der Waals surface area contributed by atoms with Crippen molar-refractivity contribution in [1.82, 2.24) is 5.32 Å². The molecule has 21 heavy (non-hydrogen) atoms. The van der Waals surface area contributed by atoms with Gasteiger partial charge in [0.05, 0.1) is 24.9 Å². The molecule has 0 fully saturated rings. The molecule has 0 spiro atoms. The molecule has 0 unspecified atom stereocenters. The normalized spacial score (nSPS) is 13.0. The van der Waals surface area contributed by atoms with E-state index in [4.69, 9.17) is 9.15 Å². The number of hydrogen-bond acceptors (Lipinski definition) is 4. The number of fused-ring (bicyclic) bond motifs is 1. The number of ether oxygens (including phenoxy) is 1. The molecule has 108 valence electrons. The van der Waals surface area contributed by atoms with Crippen LogP contribution in [0.15, 0.2) is 41.0 Å². The fraction of sp³-hybridized carbons (Fsp3) is 0.200. The second-order valence-electron chi connectivity index (χ2n) is 4.70. The highest BCUT2D eigenvalue weighted by Gasteiger charge is 2.16. The molecule has 6 nitrogen and oxygen atoms in total. The summed E-state index contributed by atoms with van der Waals surface area (Å²) in [5.74, 6) is 1.01. The summed E-state index contributed by atoms with van der Waals surface area (Å²) in [6.07, 6.45) is 1.79. The van der Waals surface area contributed by atoms with Gasteiger partial charge in [0, 0.05) is 0 Å². The molecule has 1 aliphatic rings. The van der Waals surface area contributed by atoms with Crippen LogP contribution in [0, 0.1) is 0 Å². The van der Waals surface area contributed by atoms with Crippen LogP contribution in [0.4, 0.5) is 5.69 Å². The lowest BCUT2D eigenvalue weighted by Crippen LogP contribution is -2.26. The molecule has 2 aromatic rings. The largest absolute Gasteiger partial charge is 0.482 e. The van der Waals surface area contributed by atoms with Crippen LogP contribution in [0.1, 0.15) is 11.3 Å². The van der Waals surface area contributed by atoms with Crippen LogP contribution in [0.5, 0.6) is 5.75 Å². The zero-order chi connectivity index (χ0) is 14.7. The van der Waals surface area contributed by atoms with Crippen LogP contribution >= 0.6 is 0 Å². The lowest BCUT2D eigenvalue weighted by molar-refractivity contribution is -0.120. The SMILES string of the molecule is O=C(Cc1ccc2c(c1)NC(=O)CO2)NCc1ccco1. The standard InChI is InChI=1S/C15H14N2O4/c18-14(16-8-11-2-1-5-20-11)7-10-3-4-13-12(6-10)17-15(19)9-21-13/h1-6H,7-9H2,(H,16,18)(H,17,19). The maximum Gasteiger partial charge on any atom is 0.262 e. The summed E-state index contributed by atoms with van der Waals surface area (Å²) in [5.41, 5.74) is 1.40. The quantitative estimate of drug-likeness (QED) is 0.892. The number of furan rings is 1. The molecule has 0 bridgehead atoms. The Morgan fingerprint density at radius 3 is 3.05 bits per heavy atom. The summed E-state index contributed by atoms with van der Waals surface area (Å²) in [7, 11) is 0. The third kappa shape index (κ3) is 3.22. The summed E-state index contributed by atoms with van der Waals surface area (Å²) in [5, 5.41) is 5.49. The van der Waals surface area contributed by atoms with Crippen molar-refractivity contribution in [3.05, 3.63) is 47.9 Å². The first kappa shape index (κ1) is 13.2. The van der Waals surface area contributed by atoms with Gasteiger partial charge in [-0.05, 0) is 29.8 Å². The molecule has 3 rings (SSSR count). The Morgan fingerprint density at radius 1 is 1.33 bits per heavy atom. The predicted octanol–water partition coefficient (Wildman–Crippen LogP) is 1.47. The van der Waals surface area contributed by atoms with Gasteiger partial charge < -0.3 is 19.8 Å². The van der Waals surface area contributed by atoms with Gasteiger partial charge in [-0.1, -0.05) is 6.07 Å². The van der Waals surface area contributed by atoms with E-state index in [0.717, 1.165) is 5.56 Å². The molecule has 1 aromatic carbocycles. The van der Waals surface area contributed by atoms with Crippen LogP contribution in [-0.4, -0.2) is 18.4 Å². The molecule has 1 aromatic heterocycles. The average molecular weight is 286 g/mol. The predicted molar refractivity (Wildman–Crippen MR) is 74.8 cm³/mol. The molecular weight excluding hydrogens is 272 g/mol. The number of benzene rings is 1. The van der Waals surface area contributed by atoms with Crippen LogP contribution in [0.3, 0.4) is 0 Å². The van der Waals surface area contributed by atoms with Gasteiger partial charge in [-0.15, -0.1) is 0 Å². The number of amides is 2. The van der Waals surface area contributed by atoms with Gasteiger partial charge in [-0.3, -0.25) is 9.59 Å². The van der Waals surface area contributed by atoms with E-state index in [2.05, 4.69) is 10.6 Å². The van der Waals surface area contributed by atoms with Crippen LogP contribution < -0.4 is 15.4 Å². The van der Waals surface area contributed by atoms with Crippen molar-refractivity contribution in [1.29, 1.82) is 0 Å². The summed E-state index contributed by atoms with van der Waals surface area (Å²) < 4.78 is 10.4. The Kier molecular flexibility index (Phi) is 3.59. The van der Waals surface area contributed by atoms with Crippen LogP contribution in [-0.2, 0) is 22.6 Å². The molecule has 0 saturated heterocycles. The minimum Gasteiger partial charge on any atom is -0.482 e. The second-order valence-corrected chi connectivity index (χ2v) is 4.70. The number of anilines is 1. The van der Waals surface area contributed by atoms with Crippen molar-refractivity contribution >= 4 is 17.5 Å². The molecule has 0 atom stereocenters. The fourth-order valence-corrected chi connectivity index (χ4v) is 2.09. The zero-order valence-electron chi connectivity index (χ0n) is 11.2. The number of rotatable bonds is 4. The number of carbonyl (C=O) groups is 2. The Bertz CT molecular complexity index is 664. The second kappa shape index (κ2) is 5.70. The minimum absolute atomic E-state index is 0.0238. The van der Waals surface area contributed by atoms with E-state index in [0.29, 0.717) is 23.7 Å². The molecule has 0 saturated carbocycles. The number of hydrogen-bond donors (Lipinski definition) is 2. The lowest BCUT2D eigenvalue weighted by atomic mass is 10.1. The highest BCUT2D eigenvalue weighted by molar-refractivity contribution is 5.95. The Balaban J connectivity index is 1.61. The molecule has 0 radical (unpaired) electrons. The topological polar surface area (TPSA) is 80.6 Å². The van der Waals surface area contributed by atoms with Crippen molar-refractivity contribution in [2.24, 2.45) is 0 Å². The third-order valence-electron chi connectivity index (χ3n) is 3.08. The molecule has 2 N–H and O–H groups in total. The maximum absolute atomic E-state index is 11.9. The highest BCUT2D eigenvalue weighted by Crippen LogP contribution is 2.28. The van der Waals surface area contributed by atoms with Gasteiger partial charge in [-0.2, -0.15) is 0 Å². The average Bonchev–Trinajstić information content (AvgIpc) is 2.98. The third-order valence-corrected chi connectivity index (χ3v) is 3.08. The molecule has 2 amide bonds. The molecule has 1 aliphatic heterocycles. The summed E-state index contributed by atoms with van der Waals surface area (Å²) in [6.45, 7) is 0.382. The minimum atomic E-state index is -0.193. The van der Waals surface area contributed by atoms with Crippen molar-refractivity contribution < 1.29 is 18.7 Å². The van der Waals surface area contributed by atoms with E-state index in [1.807, 2.05) is 6.07 Å². The highest BCUT2D eigenvalue weighted by atomic mass is 16.5. The Morgan fingerprint density at radius 2 is 2.24 bits per heavy atom. The summed E-state index contributed by atoms with van der Waals surface area (Å²) in [6, 6.07) is 8.88. The van der Waals surface area contributed by atoms with E-state index >= 15 is 0 Å². The fourth-order valence-electron chi connectivity index (χ4n) is 2.09. The smallest absolute Gasteiger partial charge is 0.262 e. The van der Waals surface area contributed by atoms with E-state index in [-0.39, 0.29) is 24.8 Å². The van der Waals surface area contributed by atoms with Crippen LogP contribution in [0.25, 0.3) is 0 Å². The zero-order valence-corrected chi connectivity index (χ0v) is 11.2. The first-order valence-corrected chi connectivity index (χ1v) is 6.55. The van der Waals surface area contributed by atoms with Crippen molar-refractivity contribution in [3.8, 4) is 5.75 Å². The molecular formula is C15H14N2O4. The van der Waals surface area contributed by atoms with Gasteiger partial charge in [0.1, 0.15) is 11.5 Å². The van der Waals surface area contributed by atoms with E-state index in [9.17, 15) is 9.59 Å². The summed E-state index contributed by atoms with van der Waals surface area (Å²) >= 11 is 0. The molecule has 6 heteroatoms. The number of carbonyl (C=O) groups excluding carboxylic acids is 2. The van der Waals surface area contributed by atoms with E-state index in [1.54, 1.807) is 30.5 Å². The van der Waals surface area contributed by atoms with Gasteiger partial charge in [0.25, 0.3) is 5.91 Å². The van der Waals surface area contributed by atoms with Gasteiger partial charge >= 0.3 is 0 Å². The van der Waals surface area contributed by atoms with E-state index < -0.39 is 0 Å². The van der Waals surface area contributed by atoms with Gasteiger partial charge in [-0.25, -0.2) is 0 Å². The molecule has 2 heterocycles. The lowest BCUT2D eigenvalue weighted by Gasteiger charge is -2.18. The Hall–Kier alpha value is -2.76. The first-order chi connectivity index (χ1) is 10.2. The first-order valence-electron chi connectivity index (χ1n) is 6.55. The van der Waals surface area contributed by atoms with Crippen LogP contribution in [0.2, 0.25) is 0 Å². The monoisotopic (exact) mass is 286 g/mol. The van der Waals surface area contributed by atoms with Crippen molar-refractivity contribution in [3.63, 3.8) is 0 Å². The van der Waals surface area contributed by atoms with Crippen molar-refractivity contribution in [2.75, 3.05) is 11.9 Å². The van der Waals surface area contributed by atoms with Gasteiger partial charge in [0.2, 0.25) is 5.91 Å². The van der Waals surface area contributed by atoms with Crippen molar-refractivity contribution in [2.45, 2.75) is 13.0 Å². The number of nitrogens with one attached hydrogen (secondary N) is 2. The van der Waals surface area contributed by atoms with Gasteiger partial charge in [0.15, 0.2) is 6.61 Å². The Labute approximate surface area is 121 Å².